The number of hydrogen-bond acceptors (Lipinski definition) is 4. The Balaban J connectivity index is 1.23. The lowest BCUT2D eigenvalue weighted by Crippen LogP contribution is -2.26. The first kappa shape index (κ1) is 26.6. The second kappa shape index (κ2) is 11.0. The number of imidazole rings is 1. The third-order valence-electron chi connectivity index (χ3n) is 6.52. The summed E-state index contributed by atoms with van der Waals surface area (Å²) in [5, 5.41) is 2.86. The Morgan fingerprint density at radius 2 is 1.82 bits per heavy atom. The summed E-state index contributed by atoms with van der Waals surface area (Å²) in [6, 6.07) is 10.1. The first-order chi connectivity index (χ1) is 19.2. The van der Waals surface area contributed by atoms with Crippen LogP contribution in [0.5, 0.6) is 0 Å². The van der Waals surface area contributed by atoms with Crippen molar-refractivity contribution in [1.82, 2.24) is 14.1 Å². The summed E-state index contributed by atoms with van der Waals surface area (Å²) < 4.78 is 43.3. The molecule has 202 valence electrons. The summed E-state index contributed by atoms with van der Waals surface area (Å²) in [6.45, 7) is -0.221. The number of rotatable bonds is 8. The van der Waals surface area contributed by atoms with Crippen LogP contribution in [0, 0.1) is 17.5 Å². The number of fused-ring (bicyclic) bond motifs is 1. The normalized spacial score (nSPS) is 13.7. The van der Waals surface area contributed by atoms with Crippen molar-refractivity contribution in [3.8, 4) is 0 Å². The number of amides is 1. The largest absolute Gasteiger partial charge is 0.335 e. The number of pyridine rings is 1. The highest BCUT2D eigenvalue weighted by atomic mass is 19.2. The Hall–Kier alpha value is -4.99. The van der Waals surface area contributed by atoms with Crippen LogP contribution < -0.4 is 10.9 Å². The molecule has 5 rings (SSSR count). The Morgan fingerprint density at radius 1 is 1.05 bits per heavy atom. The molecule has 0 unspecified atom stereocenters. The predicted octanol–water partition coefficient (Wildman–Crippen LogP) is 5.22. The van der Waals surface area contributed by atoms with Crippen LogP contribution in [0.15, 0.2) is 71.9 Å². The molecule has 0 saturated heterocycles. The molecule has 0 spiro atoms. The lowest BCUT2D eigenvalue weighted by Gasteiger charge is -2.08. The van der Waals surface area contributed by atoms with E-state index < -0.39 is 23.0 Å². The van der Waals surface area contributed by atoms with E-state index in [1.807, 2.05) is 35.9 Å². The Morgan fingerprint density at radius 3 is 2.55 bits per heavy atom. The molecule has 1 aliphatic heterocycles. The van der Waals surface area contributed by atoms with E-state index in [-0.39, 0.29) is 35.8 Å². The minimum absolute atomic E-state index is 0.0498. The van der Waals surface area contributed by atoms with Gasteiger partial charge in [-0.2, -0.15) is 0 Å². The number of Topliss-reactive ketones (excluding diaryl/α,β-unsaturated/α-hetero) is 1. The number of allylic oxidation sites excluding steroid dienone is 1. The first-order valence-electron chi connectivity index (χ1n) is 12.4. The molecule has 0 bridgehead atoms. The zero-order chi connectivity index (χ0) is 28.4. The number of anilines is 1. The number of nitrogens with one attached hydrogen (secondary N) is 1. The highest BCUT2D eigenvalue weighted by Crippen LogP contribution is 2.34. The Bertz CT molecular complexity index is 1740. The molecule has 0 fully saturated rings. The number of benzene rings is 2. The molecule has 0 atom stereocenters. The van der Waals surface area contributed by atoms with Crippen molar-refractivity contribution in [2.24, 2.45) is 7.05 Å². The fourth-order valence-electron chi connectivity index (χ4n) is 4.44. The molecule has 7 nitrogen and oxygen atoms in total. The minimum Gasteiger partial charge on any atom is -0.335 e. The highest BCUT2D eigenvalue weighted by Gasteiger charge is 2.24. The van der Waals surface area contributed by atoms with E-state index in [0.29, 0.717) is 23.5 Å². The van der Waals surface area contributed by atoms with Gasteiger partial charge in [0.25, 0.3) is 11.5 Å². The van der Waals surface area contributed by atoms with Crippen LogP contribution in [0.3, 0.4) is 0 Å². The van der Waals surface area contributed by atoms with Gasteiger partial charge in [0.2, 0.25) is 0 Å². The van der Waals surface area contributed by atoms with Gasteiger partial charge in [0.05, 0.1) is 17.7 Å². The molecule has 0 aliphatic carbocycles. The van der Waals surface area contributed by atoms with Crippen LogP contribution in [-0.2, 0) is 18.4 Å². The van der Waals surface area contributed by atoms with E-state index >= 15 is 0 Å². The van der Waals surface area contributed by atoms with E-state index in [0.717, 1.165) is 27.8 Å². The van der Waals surface area contributed by atoms with Crippen molar-refractivity contribution in [3.63, 3.8) is 0 Å². The molecule has 40 heavy (non-hydrogen) atoms. The maximum atomic E-state index is 13.5. The van der Waals surface area contributed by atoms with Crippen molar-refractivity contribution in [2.45, 2.75) is 19.4 Å². The topological polar surface area (TPSA) is 86.0 Å². The highest BCUT2D eigenvalue weighted by molar-refractivity contribution is 6.34. The zero-order valence-electron chi connectivity index (χ0n) is 21.3. The summed E-state index contributed by atoms with van der Waals surface area (Å²) in [4.78, 5) is 42.3. The van der Waals surface area contributed by atoms with E-state index in [9.17, 15) is 27.6 Å². The number of carbonyl (C=O) groups is 2. The molecule has 1 amide bonds. The zero-order valence-corrected chi connectivity index (χ0v) is 21.3. The van der Waals surface area contributed by atoms with Crippen LogP contribution in [-0.4, -0.2) is 25.8 Å². The van der Waals surface area contributed by atoms with Crippen LogP contribution in [0.2, 0.25) is 0 Å². The lowest BCUT2D eigenvalue weighted by molar-refractivity contribution is -0.110. The van der Waals surface area contributed by atoms with Gasteiger partial charge in [-0.3, -0.25) is 14.4 Å². The second-order valence-corrected chi connectivity index (χ2v) is 9.31. The SMILES string of the molecule is Cn1ccnc1/C=C1/C(=O)Nc2cc(/C=C/CCC(=O)c3cccn(Cc4cc(F)c(F)c(F)c4)c3=O)ccc21. The molecule has 0 saturated carbocycles. The number of aryl methyl sites for hydroxylation is 1. The van der Waals surface area contributed by atoms with Crippen molar-refractivity contribution < 1.29 is 22.8 Å². The average Bonchev–Trinajstić information content (AvgIpc) is 3.47. The van der Waals surface area contributed by atoms with Gasteiger partial charge in [-0.05, 0) is 54.0 Å². The molecular formula is C30H23F3N4O3. The molecule has 2 aromatic carbocycles. The third kappa shape index (κ3) is 5.42. The number of halogens is 3. The number of aromatic nitrogens is 3. The van der Waals surface area contributed by atoms with Gasteiger partial charge in [0.1, 0.15) is 5.82 Å². The maximum Gasteiger partial charge on any atom is 0.261 e. The van der Waals surface area contributed by atoms with E-state index in [4.69, 9.17) is 0 Å². The summed E-state index contributed by atoms with van der Waals surface area (Å²) in [6.07, 6.45) is 10.6. The van der Waals surface area contributed by atoms with Crippen molar-refractivity contribution in [2.75, 3.05) is 5.32 Å². The standard InChI is InChI=1S/C30H23F3N4O3/c1-36-12-10-34-27(36)16-22-20-9-8-18(15-25(20)35-29(22)39)5-2-3-7-26(38)21-6-4-11-37(30(21)40)17-19-13-23(31)28(33)24(32)14-19/h2,4-6,8-16H,3,7,17H2,1H3,(H,35,39)/b5-2+,22-16+. The van der Waals surface area contributed by atoms with E-state index in [1.54, 1.807) is 24.5 Å². The predicted molar refractivity (Wildman–Crippen MR) is 145 cm³/mol. The van der Waals surface area contributed by atoms with Crippen LogP contribution in [0.25, 0.3) is 17.7 Å². The monoisotopic (exact) mass is 544 g/mol. The van der Waals surface area contributed by atoms with Crippen molar-refractivity contribution in [1.29, 1.82) is 0 Å². The molecule has 1 N–H and O–H groups in total. The maximum absolute atomic E-state index is 13.5. The molecular weight excluding hydrogens is 521 g/mol. The third-order valence-corrected chi connectivity index (χ3v) is 6.52. The van der Waals surface area contributed by atoms with Crippen LogP contribution in [0.1, 0.15) is 45.7 Å². The fourth-order valence-corrected chi connectivity index (χ4v) is 4.44. The smallest absolute Gasteiger partial charge is 0.261 e. The summed E-state index contributed by atoms with van der Waals surface area (Å²) >= 11 is 0. The van der Waals surface area contributed by atoms with Crippen molar-refractivity contribution in [3.05, 3.63) is 123 Å². The Labute approximate surface area is 226 Å². The number of hydrogen-bond donors (Lipinski definition) is 1. The van der Waals surface area contributed by atoms with Gasteiger partial charge in [-0.1, -0.05) is 24.3 Å². The quantitative estimate of drug-likeness (QED) is 0.187. The molecule has 0 radical (unpaired) electrons. The molecule has 10 heteroatoms. The van der Waals surface area contributed by atoms with Gasteiger partial charge in [0.15, 0.2) is 23.2 Å². The van der Waals surface area contributed by atoms with Crippen molar-refractivity contribution >= 4 is 35.1 Å². The van der Waals surface area contributed by atoms with Crippen LogP contribution >= 0.6 is 0 Å². The van der Waals surface area contributed by atoms with Gasteiger partial charge in [-0.25, -0.2) is 18.2 Å². The lowest BCUT2D eigenvalue weighted by atomic mass is 10.0. The summed E-state index contributed by atoms with van der Waals surface area (Å²) in [5.41, 5.74) is 2.19. The molecule has 3 heterocycles. The van der Waals surface area contributed by atoms with Gasteiger partial charge in [-0.15, -0.1) is 0 Å². The summed E-state index contributed by atoms with van der Waals surface area (Å²) in [5.74, 6) is -4.23. The first-order valence-corrected chi connectivity index (χ1v) is 12.4. The van der Waals surface area contributed by atoms with Gasteiger partial charge >= 0.3 is 0 Å². The number of carbonyl (C=O) groups excluding carboxylic acids is 2. The fraction of sp³-hybridized carbons (Fsp3) is 0.133. The number of nitrogens with zero attached hydrogens (tertiary/aromatic N) is 3. The van der Waals surface area contributed by atoms with Crippen LogP contribution in [0.4, 0.5) is 18.9 Å². The second-order valence-electron chi connectivity index (χ2n) is 9.31. The van der Waals surface area contributed by atoms with Gasteiger partial charge < -0.3 is 14.5 Å². The Kier molecular flexibility index (Phi) is 7.33. The van der Waals surface area contributed by atoms with Gasteiger partial charge in [0, 0.05) is 43.3 Å². The molecule has 1 aliphatic rings. The number of ketones is 1. The average molecular weight is 545 g/mol. The molecule has 2 aromatic heterocycles. The summed E-state index contributed by atoms with van der Waals surface area (Å²) in [7, 11) is 1.84. The van der Waals surface area contributed by atoms with E-state index in [1.165, 1.54) is 18.3 Å². The van der Waals surface area contributed by atoms with E-state index in [2.05, 4.69) is 10.3 Å². The minimum atomic E-state index is -1.58. The molecule has 4 aromatic rings.